The van der Waals surface area contributed by atoms with Gasteiger partial charge in [0.2, 0.25) is 6.17 Å². The van der Waals surface area contributed by atoms with Gasteiger partial charge in [0.05, 0.1) is 17.9 Å². The summed E-state index contributed by atoms with van der Waals surface area (Å²) >= 11 is 0. The molecule has 5 rings (SSSR count). The molecule has 4 aromatic rings. The largest absolute Gasteiger partial charge is 0.464 e. The van der Waals surface area contributed by atoms with Gasteiger partial charge in [-0.15, -0.1) is 0 Å². The number of esters is 1. The van der Waals surface area contributed by atoms with Crippen LogP contribution in [0.2, 0.25) is 0 Å². The van der Waals surface area contributed by atoms with Crippen LogP contribution in [0.5, 0.6) is 0 Å². The van der Waals surface area contributed by atoms with E-state index in [-0.39, 0.29) is 30.1 Å². The number of carbonyl (C=O) groups excluding carboxylic acids is 3. The monoisotopic (exact) mass is 498 g/mol. The van der Waals surface area contributed by atoms with Crippen molar-refractivity contribution in [2.24, 2.45) is 4.99 Å². The van der Waals surface area contributed by atoms with Crippen LogP contribution in [0.3, 0.4) is 0 Å². The van der Waals surface area contributed by atoms with Gasteiger partial charge in [-0.1, -0.05) is 48.5 Å². The number of aliphatic imine (C=N–C) groups is 1. The minimum absolute atomic E-state index is 0.0221. The number of benzene rings is 3. The van der Waals surface area contributed by atoms with Crippen molar-refractivity contribution in [1.29, 1.82) is 0 Å². The van der Waals surface area contributed by atoms with Crippen molar-refractivity contribution in [3.05, 3.63) is 102 Å². The third-order valence-corrected chi connectivity index (χ3v) is 6.00. The van der Waals surface area contributed by atoms with Crippen LogP contribution in [-0.4, -0.2) is 47.8 Å². The Morgan fingerprint density at radius 2 is 1.73 bits per heavy atom. The summed E-state index contributed by atoms with van der Waals surface area (Å²) in [5.41, 5.74) is 2.40. The number of benzodiazepines with no additional fused rings is 1. The number of carbonyl (C=O) groups is 3. The summed E-state index contributed by atoms with van der Waals surface area (Å²) in [6.07, 6.45) is -1.36. The van der Waals surface area contributed by atoms with Crippen LogP contribution in [0.1, 0.15) is 28.5 Å². The lowest BCUT2D eigenvalue weighted by atomic mass is 10.00. The highest BCUT2D eigenvalue weighted by Gasteiger charge is 2.34. The van der Waals surface area contributed by atoms with Crippen molar-refractivity contribution < 1.29 is 23.5 Å². The Labute approximate surface area is 211 Å². The van der Waals surface area contributed by atoms with Crippen LogP contribution in [0, 0.1) is 5.82 Å². The molecule has 0 radical (unpaired) electrons. The van der Waals surface area contributed by atoms with Crippen molar-refractivity contribution in [2.75, 3.05) is 18.1 Å². The van der Waals surface area contributed by atoms with E-state index in [4.69, 9.17) is 4.74 Å². The number of H-pyrrole nitrogens is 1. The molecule has 8 nitrogen and oxygen atoms in total. The number of halogens is 1. The lowest BCUT2D eigenvalue weighted by molar-refractivity contribution is -0.141. The number of hydrogen-bond acceptors (Lipinski definition) is 5. The predicted octanol–water partition coefficient (Wildman–Crippen LogP) is 3.81. The van der Waals surface area contributed by atoms with Crippen molar-refractivity contribution in [3.63, 3.8) is 0 Å². The number of anilines is 1. The third kappa shape index (κ3) is 4.84. The molecule has 1 aromatic heterocycles. The fourth-order valence-electron chi connectivity index (χ4n) is 4.30. The van der Waals surface area contributed by atoms with Crippen molar-refractivity contribution in [2.45, 2.75) is 13.1 Å². The number of aromatic nitrogens is 1. The molecule has 0 spiro atoms. The molecule has 0 fully saturated rings. The van der Waals surface area contributed by atoms with E-state index in [0.717, 1.165) is 10.9 Å². The number of fused-ring (bicyclic) bond motifs is 2. The van der Waals surface area contributed by atoms with Gasteiger partial charge in [0, 0.05) is 29.0 Å². The van der Waals surface area contributed by atoms with E-state index in [1.807, 2.05) is 24.3 Å². The summed E-state index contributed by atoms with van der Waals surface area (Å²) < 4.78 is 20.0. The average Bonchev–Trinajstić information content (AvgIpc) is 3.30. The number of aromatic amines is 1. The Morgan fingerprint density at radius 1 is 1.03 bits per heavy atom. The molecule has 1 aliphatic rings. The second-order valence-corrected chi connectivity index (χ2v) is 8.45. The zero-order valence-electron chi connectivity index (χ0n) is 19.9. The number of rotatable bonds is 6. The van der Waals surface area contributed by atoms with Gasteiger partial charge in [-0.25, -0.2) is 9.38 Å². The van der Waals surface area contributed by atoms with E-state index in [9.17, 15) is 18.8 Å². The van der Waals surface area contributed by atoms with E-state index in [1.165, 1.54) is 17.9 Å². The molecule has 0 aliphatic carbocycles. The van der Waals surface area contributed by atoms with Gasteiger partial charge in [-0.2, -0.15) is 0 Å². The lowest BCUT2D eigenvalue weighted by Gasteiger charge is -2.25. The fourth-order valence-corrected chi connectivity index (χ4v) is 4.30. The van der Waals surface area contributed by atoms with Crippen LogP contribution >= 0.6 is 0 Å². The second-order valence-electron chi connectivity index (χ2n) is 8.45. The smallest absolute Gasteiger partial charge is 0.302 e. The molecule has 37 heavy (non-hydrogen) atoms. The van der Waals surface area contributed by atoms with Crippen LogP contribution in [0.15, 0.2) is 83.9 Å². The van der Waals surface area contributed by atoms with Gasteiger partial charge in [-0.3, -0.25) is 14.4 Å². The molecule has 0 unspecified atom stereocenters. The predicted molar refractivity (Wildman–Crippen MR) is 137 cm³/mol. The summed E-state index contributed by atoms with van der Waals surface area (Å²) in [4.78, 5) is 47.3. The molecule has 2 N–H and O–H groups in total. The van der Waals surface area contributed by atoms with Crippen LogP contribution in [-0.2, 0) is 14.3 Å². The number of ether oxygens (including phenoxy) is 1. The Kier molecular flexibility index (Phi) is 6.51. The van der Waals surface area contributed by atoms with E-state index >= 15 is 0 Å². The zero-order chi connectivity index (χ0) is 25.9. The number of amides is 2. The highest BCUT2D eigenvalue weighted by atomic mass is 19.1. The quantitative estimate of drug-likeness (QED) is 0.395. The molecule has 1 aliphatic heterocycles. The molecule has 0 bridgehead atoms. The topological polar surface area (TPSA) is 104 Å². The van der Waals surface area contributed by atoms with Gasteiger partial charge < -0.3 is 19.9 Å². The molecule has 1 atom stereocenters. The number of para-hydroxylation sites is 2. The normalized spacial score (nSPS) is 15.1. The van der Waals surface area contributed by atoms with Crippen molar-refractivity contribution in [1.82, 2.24) is 10.3 Å². The van der Waals surface area contributed by atoms with Crippen molar-refractivity contribution >= 4 is 40.1 Å². The SMILES string of the molecule is CC(=O)OCCN1C(=O)[C@@H](NC(=O)c2cc3ccccc3[nH]2)N=C(c2ccccc2F)c2ccccc21. The maximum Gasteiger partial charge on any atom is 0.302 e. The van der Waals surface area contributed by atoms with Gasteiger partial charge in [0.15, 0.2) is 0 Å². The first-order valence-electron chi connectivity index (χ1n) is 11.7. The first-order chi connectivity index (χ1) is 17.9. The number of nitrogens with one attached hydrogen (secondary N) is 2. The van der Waals surface area contributed by atoms with Crippen LogP contribution in [0.4, 0.5) is 10.1 Å². The van der Waals surface area contributed by atoms with Gasteiger partial charge >= 0.3 is 5.97 Å². The molecule has 186 valence electrons. The van der Waals surface area contributed by atoms with Gasteiger partial charge in [0.1, 0.15) is 18.1 Å². The highest BCUT2D eigenvalue weighted by Crippen LogP contribution is 2.29. The van der Waals surface area contributed by atoms with Gasteiger partial charge in [0.25, 0.3) is 11.8 Å². The summed E-state index contributed by atoms with van der Waals surface area (Å²) in [5.74, 6) is -2.09. The molecule has 3 aromatic carbocycles. The van der Waals surface area contributed by atoms with Crippen LogP contribution < -0.4 is 10.2 Å². The van der Waals surface area contributed by atoms with Gasteiger partial charge in [-0.05, 0) is 30.3 Å². The average molecular weight is 499 g/mol. The first kappa shape index (κ1) is 23.9. The zero-order valence-corrected chi connectivity index (χ0v) is 19.9. The fraction of sp³-hybridized carbons (Fsp3) is 0.143. The summed E-state index contributed by atoms with van der Waals surface area (Å²) in [7, 11) is 0. The summed E-state index contributed by atoms with van der Waals surface area (Å²) in [5, 5.41) is 3.53. The third-order valence-electron chi connectivity index (χ3n) is 6.00. The molecule has 9 heteroatoms. The van der Waals surface area contributed by atoms with E-state index < -0.39 is 29.8 Å². The minimum Gasteiger partial charge on any atom is -0.464 e. The second kappa shape index (κ2) is 10.1. The Balaban J connectivity index is 1.57. The molecule has 0 saturated heterocycles. The standard InChI is InChI=1S/C28H23FN4O4/c1-17(34)37-15-14-33-24-13-7-4-10-20(24)25(19-9-3-5-11-21(19)29)31-26(28(33)36)32-27(35)23-16-18-8-2-6-12-22(18)30-23/h2-13,16,26,30H,14-15H2,1H3,(H,32,35)/t26-/m1/s1. The number of nitrogens with zero attached hydrogens (tertiary/aromatic N) is 2. The van der Waals surface area contributed by atoms with E-state index in [1.54, 1.807) is 48.5 Å². The first-order valence-corrected chi connectivity index (χ1v) is 11.7. The molecular formula is C28H23FN4O4. The van der Waals surface area contributed by atoms with Crippen molar-refractivity contribution in [3.8, 4) is 0 Å². The summed E-state index contributed by atoms with van der Waals surface area (Å²) in [6, 6.07) is 22.1. The number of hydrogen-bond donors (Lipinski definition) is 2. The Hall–Kier alpha value is -4.79. The molecule has 2 heterocycles. The summed E-state index contributed by atoms with van der Waals surface area (Å²) in [6.45, 7) is 1.24. The maximum atomic E-state index is 14.9. The van der Waals surface area contributed by atoms with E-state index in [2.05, 4.69) is 15.3 Å². The lowest BCUT2D eigenvalue weighted by Crippen LogP contribution is -2.48. The molecular weight excluding hydrogens is 475 g/mol. The highest BCUT2D eigenvalue weighted by molar-refractivity contribution is 6.20. The minimum atomic E-state index is -1.36. The molecule has 0 saturated carbocycles. The van der Waals surface area contributed by atoms with Crippen LogP contribution in [0.25, 0.3) is 10.9 Å². The maximum absolute atomic E-state index is 14.9. The molecule has 2 amide bonds. The Morgan fingerprint density at radius 3 is 2.49 bits per heavy atom. The van der Waals surface area contributed by atoms with E-state index in [0.29, 0.717) is 11.3 Å². The Bertz CT molecular complexity index is 1510.